The largest absolute Gasteiger partial charge is 0.128 e. The molecule has 5 heteroatoms. The lowest BCUT2D eigenvalue weighted by Gasteiger charge is -2.11. The quantitative estimate of drug-likeness (QED) is 0.384. The van der Waals surface area contributed by atoms with Gasteiger partial charge < -0.3 is 0 Å². The second-order valence-corrected chi connectivity index (χ2v) is 7.92. The van der Waals surface area contributed by atoms with Crippen molar-refractivity contribution in [3.8, 4) is 11.1 Å². The summed E-state index contributed by atoms with van der Waals surface area (Å²) >= 11 is 16.1. The maximum atomic E-state index is 3.69. The van der Waals surface area contributed by atoms with Crippen molar-refractivity contribution in [3.05, 3.63) is 48.2 Å². The van der Waals surface area contributed by atoms with E-state index in [2.05, 4.69) is 94.2 Å². The van der Waals surface area contributed by atoms with Crippen molar-refractivity contribution in [2.45, 2.75) is 4.90 Å². The lowest BCUT2D eigenvalue weighted by atomic mass is 10.1. The van der Waals surface area contributed by atoms with Crippen LogP contribution < -0.4 is 0 Å². The summed E-state index contributed by atoms with van der Waals surface area (Å²) in [6.07, 6.45) is 2.08. The molecule has 0 fully saturated rings. The molecule has 0 aliphatic carbocycles. The molecule has 0 amide bonds. The maximum absolute atomic E-state index is 3.69. The molecule has 0 unspecified atom stereocenters. The third-order valence-corrected chi connectivity index (χ3v) is 5.93. The molecule has 0 heterocycles. The second kappa shape index (κ2) is 6.44. The van der Waals surface area contributed by atoms with E-state index in [0.717, 1.165) is 17.9 Å². The van der Waals surface area contributed by atoms with E-state index in [9.17, 15) is 0 Å². The Balaban J connectivity index is 2.67. The predicted octanol–water partition coefficient (Wildman–Crippen LogP) is 7.13. The molecular formula is C13H8Br4S. The van der Waals surface area contributed by atoms with Crippen LogP contribution in [0.1, 0.15) is 0 Å². The van der Waals surface area contributed by atoms with Crippen LogP contribution in [0.25, 0.3) is 11.1 Å². The predicted molar refractivity (Wildman–Crippen MR) is 94.5 cm³/mol. The van der Waals surface area contributed by atoms with Crippen LogP contribution in [0.4, 0.5) is 0 Å². The first-order valence-corrected chi connectivity index (χ1v) is 9.41. The number of halogens is 4. The molecule has 0 saturated heterocycles. The fraction of sp³-hybridized carbons (Fsp3) is 0.0769. The summed E-state index contributed by atoms with van der Waals surface area (Å²) in [5, 5.41) is 0. The first-order chi connectivity index (χ1) is 8.52. The minimum atomic E-state index is 1.06. The normalized spacial score (nSPS) is 10.7. The van der Waals surface area contributed by atoms with Crippen molar-refractivity contribution in [1.82, 2.24) is 0 Å². The van der Waals surface area contributed by atoms with Crippen LogP contribution in [0.3, 0.4) is 0 Å². The molecule has 0 radical (unpaired) electrons. The molecule has 0 bridgehead atoms. The SMILES string of the molecule is CSc1cc(Br)cc(-c2ccc(Br)cc2Br)c1Br. The number of hydrogen-bond acceptors (Lipinski definition) is 1. The van der Waals surface area contributed by atoms with Gasteiger partial charge in [-0.05, 0) is 57.6 Å². The van der Waals surface area contributed by atoms with Gasteiger partial charge in [0.15, 0.2) is 0 Å². The standard InChI is InChI=1S/C13H8Br4S/c1-18-12-6-8(15)4-10(13(12)17)9-3-2-7(14)5-11(9)16/h2-6H,1H3. The fourth-order valence-corrected chi connectivity index (χ4v) is 4.95. The minimum Gasteiger partial charge on any atom is -0.128 e. The molecule has 0 spiro atoms. The van der Waals surface area contributed by atoms with Crippen molar-refractivity contribution >= 4 is 75.5 Å². The average molecular weight is 516 g/mol. The van der Waals surface area contributed by atoms with Gasteiger partial charge in [0, 0.05) is 22.8 Å². The van der Waals surface area contributed by atoms with Crippen LogP contribution in [0.15, 0.2) is 53.1 Å². The highest BCUT2D eigenvalue weighted by Gasteiger charge is 2.12. The number of hydrogen-bond donors (Lipinski definition) is 0. The monoisotopic (exact) mass is 512 g/mol. The van der Waals surface area contributed by atoms with Crippen LogP contribution in [-0.4, -0.2) is 6.26 Å². The lowest BCUT2D eigenvalue weighted by Crippen LogP contribution is -1.85. The van der Waals surface area contributed by atoms with Crippen LogP contribution in [0, 0.1) is 0 Å². The molecule has 0 nitrogen and oxygen atoms in total. The first kappa shape index (κ1) is 15.1. The van der Waals surface area contributed by atoms with Gasteiger partial charge >= 0.3 is 0 Å². The van der Waals surface area contributed by atoms with Gasteiger partial charge in [-0.3, -0.25) is 0 Å². The highest BCUT2D eigenvalue weighted by atomic mass is 79.9. The van der Waals surface area contributed by atoms with E-state index in [4.69, 9.17) is 0 Å². The molecule has 18 heavy (non-hydrogen) atoms. The van der Waals surface area contributed by atoms with Crippen molar-refractivity contribution < 1.29 is 0 Å². The molecule has 2 aromatic carbocycles. The Morgan fingerprint density at radius 1 is 0.833 bits per heavy atom. The number of thioether (sulfide) groups is 1. The van der Waals surface area contributed by atoms with Gasteiger partial charge in [-0.1, -0.05) is 53.9 Å². The molecule has 0 atom stereocenters. The third-order valence-electron chi connectivity index (χ3n) is 2.45. The Morgan fingerprint density at radius 3 is 2.17 bits per heavy atom. The molecule has 0 aromatic heterocycles. The van der Waals surface area contributed by atoms with E-state index < -0.39 is 0 Å². The zero-order valence-corrected chi connectivity index (χ0v) is 16.5. The molecular weight excluding hydrogens is 508 g/mol. The van der Waals surface area contributed by atoms with Crippen LogP contribution in [0.2, 0.25) is 0 Å². The lowest BCUT2D eigenvalue weighted by molar-refractivity contribution is 1.38. The van der Waals surface area contributed by atoms with Gasteiger partial charge in [-0.2, -0.15) is 0 Å². The van der Waals surface area contributed by atoms with Gasteiger partial charge in [0.1, 0.15) is 0 Å². The van der Waals surface area contributed by atoms with Gasteiger partial charge in [-0.25, -0.2) is 0 Å². The van der Waals surface area contributed by atoms with Crippen LogP contribution in [-0.2, 0) is 0 Å². The molecule has 0 N–H and O–H groups in total. The third kappa shape index (κ3) is 3.23. The number of rotatable bonds is 2. The van der Waals surface area contributed by atoms with Crippen molar-refractivity contribution in [3.63, 3.8) is 0 Å². The summed E-state index contributed by atoms with van der Waals surface area (Å²) in [5.74, 6) is 0. The smallest absolute Gasteiger partial charge is 0.0390 e. The minimum absolute atomic E-state index is 1.06. The van der Waals surface area contributed by atoms with Crippen molar-refractivity contribution in [1.29, 1.82) is 0 Å². The molecule has 2 aromatic rings. The average Bonchev–Trinajstić information content (AvgIpc) is 2.32. The second-order valence-electron chi connectivity index (χ2n) is 3.59. The zero-order valence-electron chi connectivity index (χ0n) is 9.31. The van der Waals surface area contributed by atoms with E-state index >= 15 is 0 Å². The molecule has 2 rings (SSSR count). The van der Waals surface area contributed by atoms with E-state index in [1.165, 1.54) is 16.0 Å². The molecule has 94 valence electrons. The van der Waals surface area contributed by atoms with Crippen LogP contribution in [0.5, 0.6) is 0 Å². The maximum Gasteiger partial charge on any atom is 0.0390 e. The highest BCUT2D eigenvalue weighted by molar-refractivity contribution is 9.11. The molecule has 0 aliphatic heterocycles. The van der Waals surface area contributed by atoms with Crippen molar-refractivity contribution in [2.75, 3.05) is 6.26 Å². The van der Waals surface area contributed by atoms with Gasteiger partial charge in [0.2, 0.25) is 0 Å². The number of benzene rings is 2. The van der Waals surface area contributed by atoms with E-state index in [1.807, 2.05) is 6.07 Å². The van der Waals surface area contributed by atoms with Crippen molar-refractivity contribution in [2.24, 2.45) is 0 Å². The van der Waals surface area contributed by atoms with E-state index in [0.29, 0.717) is 0 Å². The van der Waals surface area contributed by atoms with Gasteiger partial charge in [0.05, 0.1) is 0 Å². The Labute approximate surface area is 144 Å². The molecule has 0 aliphatic rings. The van der Waals surface area contributed by atoms with Gasteiger partial charge in [-0.15, -0.1) is 11.8 Å². The Hall–Kier alpha value is 0.710. The summed E-state index contributed by atoms with van der Waals surface area (Å²) in [7, 11) is 0. The first-order valence-electron chi connectivity index (χ1n) is 5.01. The Morgan fingerprint density at radius 2 is 1.56 bits per heavy atom. The summed E-state index contributed by atoms with van der Waals surface area (Å²) in [6, 6.07) is 10.4. The summed E-state index contributed by atoms with van der Waals surface area (Å²) in [6.45, 7) is 0. The summed E-state index contributed by atoms with van der Waals surface area (Å²) < 4.78 is 4.35. The summed E-state index contributed by atoms with van der Waals surface area (Å²) in [4.78, 5) is 1.22. The van der Waals surface area contributed by atoms with Crippen LogP contribution >= 0.6 is 75.5 Å². The molecule has 0 saturated carbocycles. The highest BCUT2D eigenvalue weighted by Crippen LogP contribution is 2.41. The zero-order chi connectivity index (χ0) is 13.3. The van der Waals surface area contributed by atoms with Gasteiger partial charge in [0.25, 0.3) is 0 Å². The topological polar surface area (TPSA) is 0 Å². The van der Waals surface area contributed by atoms with E-state index in [-0.39, 0.29) is 0 Å². The Bertz CT molecular complexity index is 596. The Kier molecular flexibility index (Phi) is 5.40. The summed E-state index contributed by atoms with van der Waals surface area (Å²) in [5.41, 5.74) is 2.34. The van der Waals surface area contributed by atoms with E-state index in [1.54, 1.807) is 11.8 Å². The fourth-order valence-electron chi connectivity index (χ4n) is 1.62.